The van der Waals surface area contributed by atoms with Gasteiger partial charge in [-0.05, 0) is 116 Å². The molecule has 5 heterocycles. The number of carbonyl (C=O) groups excluding carboxylic acids is 9. The monoisotopic (exact) mass is 1310 g/mol. The van der Waals surface area contributed by atoms with Gasteiger partial charge >= 0.3 is 0 Å². The molecule has 2 bridgehead atoms. The third-order valence-corrected chi connectivity index (χ3v) is 19.8. The normalized spacial score (nSPS) is 34.2. The second kappa shape index (κ2) is 34.6. The van der Waals surface area contributed by atoms with Gasteiger partial charge in [0.2, 0.25) is 53.2 Å². The lowest BCUT2D eigenvalue weighted by molar-refractivity contribution is -0.155. The number of amides is 9. The predicted molar refractivity (Wildman–Crippen MR) is 355 cm³/mol. The molecule has 0 aromatic heterocycles. The number of likely N-dealkylation sites (N-methyl/N-ethyl adjacent to an activating group) is 7. The van der Waals surface area contributed by atoms with Gasteiger partial charge in [0.1, 0.15) is 73.0 Å². The molecule has 0 spiro atoms. The molecule has 530 valence electrons. The van der Waals surface area contributed by atoms with Crippen LogP contribution < -0.4 is 21.3 Å². The molecule has 0 radical (unpaired) electrons. The minimum absolute atomic E-state index is 0.0118. The number of ether oxygens (including phenoxy) is 4. The fraction of sp³-hybridized carbons (Fsp3) is 0.838. The number of epoxide rings is 2. The van der Waals surface area contributed by atoms with Crippen LogP contribution >= 0.6 is 0 Å². The minimum Gasteiger partial charge on any atom is -0.380 e. The SMILES string of the molecule is C/C=C/C[C@@H](C)[C@H]1OC(C)[C@H]2C(=O)N(C)[C@@H]1C(=O)N[C@@H](CC)C(=O)N(C)[C@H](C)C1OC1N(C)[C@@H]([C@H](C)CN1CCCOCC1)C1OC1N[C@@H](C(C)C)C(=O)N(C)[C@@H](CC(C)C)C(=O)N[C@@H](C)C(=O)N[C@H](C)C(=O)N(C)[C@@H](CC(C)C)C(=O)N(C)[C@@H](CC(C)C)C(=O)N2C. The Morgan fingerprint density at radius 1 is 0.538 bits per heavy atom. The van der Waals surface area contributed by atoms with Gasteiger partial charge in [-0.2, -0.15) is 0 Å². The molecular weight excluding hydrogens is 1190 g/mol. The highest BCUT2D eigenvalue weighted by molar-refractivity contribution is 5.98. The average Bonchev–Trinajstić information content (AvgIpc) is 1.62. The molecule has 5 rings (SSSR count). The second-order valence-corrected chi connectivity index (χ2v) is 29.1. The largest absolute Gasteiger partial charge is 0.380 e. The third kappa shape index (κ3) is 19.7. The van der Waals surface area contributed by atoms with Crippen LogP contribution in [-0.2, 0) is 62.1 Å². The lowest BCUT2D eigenvalue weighted by Crippen LogP contribution is -2.62. The topological polar surface area (TPSA) is 271 Å². The van der Waals surface area contributed by atoms with Crippen molar-refractivity contribution in [3.8, 4) is 0 Å². The number of nitrogens with zero attached hydrogens (tertiary/aromatic N) is 8. The van der Waals surface area contributed by atoms with E-state index in [-0.39, 0.29) is 79.0 Å². The lowest BCUT2D eigenvalue weighted by Gasteiger charge is -2.39. The van der Waals surface area contributed by atoms with Gasteiger partial charge in [0.15, 0.2) is 0 Å². The van der Waals surface area contributed by atoms with Gasteiger partial charge < -0.3 is 69.2 Å². The van der Waals surface area contributed by atoms with Gasteiger partial charge in [-0.25, -0.2) is 0 Å². The van der Waals surface area contributed by atoms with E-state index in [0.29, 0.717) is 19.6 Å². The molecule has 5 aliphatic rings. The first-order valence-corrected chi connectivity index (χ1v) is 34.4. The maximum absolute atomic E-state index is 15.3. The highest BCUT2D eigenvalue weighted by Crippen LogP contribution is 2.40. The van der Waals surface area contributed by atoms with E-state index < -0.39 is 139 Å². The Morgan fingerprint density at radius 2 is 1.09 bits per heavy atom. The Kier molecular flexibility index (Phi) is 29.1. The highest BCUT2D eigenvalue weighted by atomic mass is 16.6. The van der Waals surface area contributed by atoms with E-state index in [9.17, 15) is 24.0 Å². The second-order valence-electron chi connectivity index (χ2n) is 29.1. The summed E-state index contributed by atoms with van der Waals surface area (Å²) in [7, 11) is 11.3. The van der Waals surface area contributed by atoms with Crippen LogP contribution in [0.4, 0.5) is 0 Å². The first-order chi connectivity index (χ1) is 43.5. The van der Waals surface area contributed by atoms with E-state index in [0.717, 1.165) is 26.1 Å². The Balaban J connectivity index is 1.59. The standard InChI is InChI=1S/C68H120N12O13/c1-24-26-28-41(11)55-54-60(83)71-47(25-2)63(85)73(17)45(15)56-68(93-56)79(23)52(42(12)36-80-29-27-31-90-32-30-80)57-61(92-57)72-51(40(9)10)66(88)74(18)48(33-37(3)4)59(82)69-43(13)58(81)70-44(14)62(84)75(19)49(34-38(5)6)64(86)76(20)50(35-39(7)8)65(87)77(21)53(46(16)91-55)67(89)78(54)22/h24,26,37-57,61,68,72H,25,27-36H2,1-23H3,(H,69,82)(H,70,81)(H,71,83)/b26-24+/t41-,42-,43+,44-,45-,46?,47+,48+,49+,50+,51+,52+,53+,54+,55-,56?,57?,61?,68?/m1/s1. The highest BCUT2D eigenvalue weighted by Gasteiger charge is 2.58. The molecule has 19 atom stereocenters. The molecule has 5 aliphatic heterocycles. The van der Waals surface area contributed by atoms with Crippen molar-refractivity contribution in [1.29, 1.82) is 0 Å². The number of allylic oxidation sites excluding steroid dienone is 2. The van der Waals surface area contributed by atoms with Crippen LogP contribution in [0.5, 0.6) is 0 Å². The Hall–Kier alpha value is -5.31. The van der Waals surface area contributed by atoms with E-state index in [2.05, 4.69) is 38.0 Å². The third-order valence-electron chi connectivity index (χ3n) is 19.8. The van der Waals surface area contributed by atoms with Crippen LogP contribution in [0.25, 0.3) is 0 Å². The maximum atomic E-state index is 15.3. The zero-order valence-corrected chi connectivity index (χ0v) is 60.6. The fourth-order valence-corrected chi connectivity index (χ4v) is 13.8. The summed E-state index contributed by atoms with van der Waals surface area (Å²) in [4.78, 5) is 146. The van der Waals surface area contributed by atoms with E-state index >= 15 is 19.2 Å². The lowest BCUT2D eigenvalue weighted by atomic mass is 9.92. The molecule has 5 saturated heterocycles. The van der Waals surface area contributed by atoms with Crippen molar-refractivity contribution in [3.63, 3.8) is 0 Å². The molecule has 0 saturated carbocycles. The quantitative estimate of drug-likeness (QED) is 0.144. The van der Waals surface area contributed by atoms with Crippen LogP contribution in [-0.4, -0.2) is 278 Å². The summed E-state index contributed by atoms with van der Waals surface area (Å²) in [5.74, 6) is -5.66. The Morgan fingerprint density at radius 3 is 1.66 bits per heavy atom. The number of fused-ring (bicyclic) bond motifs is 5. The first-order valence-electron chi connectivity index (χ1n) is 34.4. The predicted octanol–water partition coefficient (Wildman–Crippen LogP) is 3.14. The Bertz CT molecular complexity index is 2580. The van der Waals surface area contributed by atoms with Crippen LogP contribution in [0, 0.1) is 35.5 Å². The molecule has 25 heteroatoms. The number of hydrogen-bond acceptors (Lipinski definition) is 16. The summed E-state index contributed by atoms with van der Waals surface area (Å²) < 4.78 is 25.8. The van der Waals surface area contributed by atoms with Crippen molar-refractivity contribution in [2.24, 2.45) is 35.5 Å². The maximum Gasteiger partial charge on any atom is 0.248 e. The van der Waals surface area contributed by atoms with E-state index in [4.69, 9.17) is 18.9 Å². The molecule has 4 N–H and O–H groups in total. The number of carbonyl (C=O) groups is 9. The van der Waals surface area contributed by atoms with Gasteiger partial charge in [0.25, 0.3) is 0 Å². The smallest absolute Gasteiger partial charge is 0.248 e. The van der Waals surface area contributed by atoms with Gasteiger partial charge in [0, 0.05) is 74.6 Å². The van der Waals surface area contributed by atoms with Crippen LogP contribution in [0.15, 0.2) is 12.2 Å². The summed E-state index contributed by atoms with van der Waals surface area (Å²) in [5.41, 5.74) is 0. The van der Waals surface area contributed by atoms with E-state index in [1.807, 2.05) is 102 Å². The van der Waals surface area contributed by atoms with Crippen molar-refractivity contribution < 1.29 is 62.1 Å². The zero-order chi connectivity index (χ0) is 69.9. The van der Waals surface area contributed by atoms with Crippen LogP contribution in [0.2, 0.25) is 0 Å². The summed E-state index contributed by atoms with van der Waals surface area (Å²) >= 11 is 0. The van der Waals surface area contributed by atoms with Crippen LogP contribution in [0.3, 0.4) is 0 Å². The molecule has 0 aliphatic carbocycles. The summed E-state index contributed by atoms with van der Waals surface area (Å²) in [5, 5.41) is 12.1. The summed E-state index contributed by atoms with van der Waals surface area (Å²) in [6.45, 7) is 33.5. The molecule has 93 heavy (non-hydrogen) atoms. The average molecular weight is 1310 g/mol. The number of nitrogens with one attached hydrogen (secondary N) is 4. The van der Waals surface area contributed by atoms with Crippen molar-refractivity contribution in [2.75, 3.05) is 82.2 Å². The number of rotatable bonds is 14. The van der Waals surface area contributed by atoms with Crippen LogP contribution in [0.1, 0.15) is 149 Å². The van der Waals surface area contributed by atoms with Crippen molar-refractivity contribution in [1.82, 2.24) is 60.5 Å². The van der Waals surface area contributed by atoms with Crippen molar-refractivity contribution in [2.45, 2.75) is 253 Å². The van der Waals surface area contributed by atoms with E-state index in [1.165, 1.54) is 66.5 Å². The molecule has 0 aromatic carbocycles. The number of hydrogen-bond donors (Lipinski definition) is 4. The van der Waals surface area contributed by atoms with Crippen molar-refractivity contribution in [3.05, 3.63) is 12.2 Å². The molecule has 25 nitrogen and oxygen atoms in total. The summed E-state index contributed by atoms with van der Waals surface area (Å²) in [6.07, 6.45) is 2.41. The Labute approximate surface area is 556 Å². The van der Waals surface area contributed by atoms with Gasteiger partial charge in [-0.15, -0.1) is 0 Å². The minimum atomic E-state index is -1.27. The molecule has 5 unspecified atom stereocenters. The van der Waals surface area contributed by atoms with E-state index in [1.54, 1.807) is 25.9 Å². The fourth-order valence-electron chi connectivity index (χ4n) is 13.8. The molecular formula is C68H120N12O13. The van der Waals surface area contributed by atoms with Crippen molar-refractivity contribution >= 4 is 53.2 Å². The first kappa shape index (κ1) is 78.4. The van der Waals surface area contributed by atoms with Gasteiger partial charge in [-0.3, -0.25) is 53.4 Å². The van der Waals surface area contributed by atoms with Gasteiger partial charge in [0.05, 0.1) is 30.9 Å². The summed E-state index contributed by atoms with van der Waals surface area (Å²) in [6, 6.07) is -10.6. The molecule has 9 amide bonds. The van der Waals surface area contributed by atoms with Gasteiger partial charge in [-0.1, -0.05) is 88.3 Å². The molecule has 0 aromatic rings. The zero-order valence-electron chi connectivity index (χ0n) is 60.6. The molecule has 5 fully saturated rings.